The van der Waals surface area contributed by atoms with Crippen LogP contribution in [0.1, 0.15) is 12.5 Å². The predicted octanol–water partition coefficient (Wildman–Crippen LogP) is 1.38. The van der Waals surface area contributed by atoms with Crippen molar-refractivity contribution >= 4 is 11.6 Å². The first-order chi connectivity index (χ1) is 8.08. The Kier molecular flexibility index (Phi) is 4.53. The van der Waals surface area contributed by atoms with Gasteiger partial charge < -0.3 is 10.2 Å². The number of hydrogen-bond donors (Lipinski definition) is 1. The summed E-state index contributed by atoms with van der Waals surface area (Å²) in [7, 11) is 3.57. The Balaban J connectivity index is 2.66. The lowest BCUT2D eigenvalue weighted by Gasteiger charge is -2.22. The molecule has 0 bridgehead atoms. The van der Waals surface area contributed by atoms with Gasteiger partial charge in [0.2, 0.25) is 5.91 Å². The molecule has 1 aromatic carbocycles. The third-order valence-electron chi connectivity index (χ3n) is 2.68. The lowest BCUT2D eigenvalue weighted by atomic mass is 10.1. The van der Waals surface area contributed by atoms with Crippen molar-refractivity contribution in [3.63, 3.8) is 0 Å². The number of nitrogens with one attached hydrogen (secondary N) is 1. The number of carbonyl (C=O) groups excluding carboxylic acids is 1. The molecular formula is C13H17N3O. The van der Waals surface area contributed by atoms with E-state index in [4.69, 9.17) is 5.26 Å². The van der Waals surface area contributed by atoms with E-state index < -0.39 is 0 Å². The molecule has 0 saturated carbocycles. The van der Waals surface area contributed by atoms with Crippen LogP contribution in [0.4, 0.5) is 5.69 Å². The lowest BCUT2D eigenvalue weighted by molar-refractivity contribution is -0.123. The highest BCUT2D eigenvalue weighted by Gasteiger charge is 2.13. The summed E-state index contributed by atoms with van der Waals surface area (Å²) >= 11 is 0. The van der Waals surface area contributed by atoms with E-state index in [0.717, 1.165) is 5.69 Å². The minimum absolute atomic E-state index is 0.0329. The van der Waals surface area contributed by atoms with Gasteiger partial charge in [0.05, 0.1) is 17.6 Å². The zero-order valence-electron chi connectivity index (χ0n) is 10.4. The first kappa shape index (κ1) is 13.0. The number of carbonyl (C=O) groups is 1. The number of amides is 1. The summed E-state index contributed by atoms with van der Waals surface area (Å²) in [5.41, 5.74) is 1.64. The van der Waals surface area contributed by atoms with Gasteiger partial charge in [0.15, 0.2) is 0 Å². The van der Waals surface area contributed by atoms with Crippen LogP contribution in [0.5, 0.6) is 0 Å². The summed E-state index contributed by atoms with van der Waals surface area (Å²) in [5, 5.41) is 11.3. The van der Waals surface area contributed by atoms with Crippen molar-refractivity contribution in [2.24, 2.45) is 5.92 Å². The summed E-state index contributed by atoms with van der Waals surface area (Å²) in [6.45, 7) is 2.53. The number of rotatable bonds is 4. The Bertz CT molecular complexity index is 419. The number of anilines is 1. The van der Waals surface area contributed by atoms with Gasteiger partial charge in [-0.1, -0.05) is 6.92 Å². The number of hydrogen-bond acceptors (Lipinski definition) is 3. The molecule has 0 aromatic heterocycles. The van der Waals surface area contributed by atoms with Gasteiger partial charge in [0.1, 0.15) is 0 Å². The van der Waals surface area contributed by atoms with Crippen LogP contribution in [0.25, 0.3) is 0 Å². The van der Waals surface area contributed by atoms with Crippen molar-refractivity contribution in [2.45, 2.75) is 6.92 Å². The zero-order valence-corrected chi connectivity index (χ0v) is 10.4. The minimum Gasteiger partial charge on any atom is -0.374 e. The van der Waals surface area contributed by atoms with Crippen LogP contribution < -0.4 is 10.2 Å². The van der Waals surface area contributed by atoms with E-state index in [1.807, 2.05) is 31.0 Å². The largest absolute Gasteiger partial charge is 0.374 e. The molecule has 0 heterocycles. The standard InChI is InChI=1S/C13H17N3O/c1-10(13(17)15-2)9-16(3)12-6-4-11(8-14)5-7-12/h4-7,10H,9H2,1-3H3,(H,15,17). The molecule has 0 aliphatic rings. The fraction of sp³-hybridized carbons (Fsp3) is 0.385. The summed E-state index contributed by atoms with van der Waals surface area (Å²) in [6.07, 6.45) is 0. The van der Waals surface area contributed by atoms with Gasteiger partial charge >= 0.3 is 0 Å². The summed E-state index contributed by atoms with van der Waals surface area (Å²) < 4.78 is 0. The van der Waals surface area contributed by atoms with Crippen LogP contribution in [0.3, 0.4) is 0 Å². The summed E-state index contributed by atoms with van der Waals surface area (Å²) in [4.78, 5) is 13.4. The van der Waals surface area contributed by atoms with Crippen molar-refractivity contribution in [3.05, 3.63) is 29.8 Å². The van der Waals surface area contributed by atoms with E-state index >= 15 is 0 Å². The summed E-state index contributed by atoms with van der Waals surface area (Å²) in [6, 6.07) is 9.40. The third-order valence-corrected chi connectivity index (χ3v) is 2.68. The first-order valence-electron chi connectivity index (χ1n) is 5.51. The highest BCUT2D eigenvalue weighted by molar-refractivity contribution is 5.78. The van der Waals surface area contributed by atoms with Crippen LogP contribution in [0.15, 0.2) is 24.3 Å². The average molecular weight is 231 g/mol. The normalized spacial score (nSPS) is 11.4. The second kappa shape index (κ2) is 5.90. The van der Waals surface area contributed by atoms with Gasteiger partial charge in [-0.05, 0) is 24.3 Å². The molecule has 4 heteroatoms. The molecular weight excluding hydrogens is 214 g/mol. The SMILES string of the molecule is CNC(=O)C(C)CN(C)c1ccc(C#N)cc1. The molecule has 1 aromatic rings. The van der Waals surface area contributed by atoms with Gasteiger partial charge in [0, 0.05) is 26.3 Å². The van der Waals surface area contributed by atoms with E-state index in [2.05, 4.69) is 11.4 Å². The molecule has 1 unspecified atom stereocenters. The van der Waals surface area contributed by atoms with Gasteiger partial charge in [0.25, 0.3) is 0 Å². The number of nitrogens with zero attached hydrogens (tertiary/aromatic N) is 2. The molecule has 0 radical (unpaired) electrons. The Hall–Kier alpha value is -2.02. The Morgan fingerprint density at radius 3 is 2.53 bits per heavy atom. The quantitative estimate of drug-likeness (QED) is 0.851. The van der Waals surface area contributed by atoms with Crippen LogP contribution in [-0.2, 0) is 4.79 Å². The van der Waals surface area contributed by atoms with Crippen LogP contribution >= 0.6 is 0 Å². The van der Waals surface area contributed by atoms with Crippen molar-refractivity contribution in [3.8, 4) is 6.07 Å². The van der Waals surface area contributed by atoms with Gasteiger partial charge in [-0.2, -0.15) is 5.26 Å². The van der Waals surface area contributed by atoms with Crippen LogP contribution in [0, 0.1) is 17.2 Å². The monoisotopic (exact) mass is 231 g/mol. The Morgan fingerprint density at radius 2 is 2.06 bits per heavy atom. The molecule has 0 spiro atoms. The van der Waals surface area contributed by atoms with E-state index in [1.54, 1.807) is 19.2 Å². The maximum atomic E-state index is 11.4. The highest BCUT2D eigenvalue weighted by atomic mass is 16.1. The fourth-order valence-corrected chi connectivity index (χ4v) is 1.64. The molecule has 90 valence electrons. The Morgan fingerprint density at radius 1 is 1.47 bits per heavy atom. The lowest BCUT2D eigenvalue weighted by Crippen LogP contribution is -2.34. The van der Waals surface area contributed by atoms with Crippen molar-refractivity contribution in [1.29, 1.82) is 5.26 Å². The van der Waals surface area contributed by atoms with Crippen molar-refractivity contribution in [1.82, 2.24) is 5.32 Å². The topological polar surface area (TPSA) is 56.1 Å². The number of nitriles is 1. The van der Waals surface area contributed by atoms with E-state index in [9.17, 15) is 4.79 Å². The molecule has 1 atom stereocenters. The number of benzene rings is 1. The van der Waals surface area contributed by atoms with Crippen molar-refractivity contribution in [2.75, 3.05) is 25.5 Å². The molecule has 1 rings (SSSR count). The third kappa shape index (κ3) is 3.49. The van der Waals surface area contributed by atoms with E-state index in [-0.39, 0.29) is 11.8 Å². The predicted molar refractivity (Wildman–Crippen MR) is 67.7 cm³/mol. The second-order valence-corrected chi connectivity index (χ2v) is 4.05. The molecule has 0 aliphatic heterocycles. The maximum absolute atomic E-state index is 11.4. The molecule has 17 heavy (non-hydrogen) atoms. The smallest absolute Gasteiger partial charge is 0.224 e. The average Bonchev–Trinajstić information content (AvgIpc) is 2.37. The van der Waals surface area contributed by atoms with E-state index in [1.165, 1.54) is 0 Å². The van der Waals surface area contributed by atoms with Gasteiger partial charge in [-0.15, -0.1) is 0 Å². The van der Waals surface area contributed by atoms with Gasteiger partial charge in [-0.25, -0.2) is 0 Å². The fourth-order valence-electron chi connectivity index (χ4n) is 1.64. The molecule has 0 fully saturated rings. The first-order valence-corrected chi connectivity index (χ1v) is 5.51. The maximum Gasteiger partial charge on any atom is 0.224 e. The second-order valence-electron chi connectivity index (χ2n) is 4.05. The molecule has 4 nitrogen and oxygen atoms in total. The summed E-state index contributed by atoms with van der Waals surface area (Å²) in [5.74, 6) is -0.0360. The molecule has 0 aliphatic carbocycles. The van der Waals surface area contributed by atoms with E-state index in [0.29, 0.717) is 12.1 Å². The molecule has 1 amide bonds. The molecule has 1 N–H and O–H groups in total. The van der Waals surface area contributed by atoms with Crippen molar-refractivity contribution < 1.29 is 4.79 Å². The zero-order chi connectivity index (χ0) is 12.8. The van der Waals surface area contributed by atoms with Crippen LogP contribution in [0.2, 0.25) is 0 Å². The minimum atomic E-state index is -0.0688. The Labute approximate surface area is 102 Å². The highest BCUT2D eigenvalue weighted by Crippen LogP contribution is 2.14. The van der Waals surface area contributed by atoms with Crippen LogP contribution in [-0.4, -0.2) is 26.5 Å². The molecule has 0 saturated heterocycles. The van der Waals surface area contributed by atoms with Gasteiger partial charge in [-0.3, -0.25) is 4.79 Å².